The van der Waals surface area contributed by atoms with E-state index in [-0.39, 0.29) is 0 Å². The van der Waals surface area contributed by atoms with Gasteiger partial charge in [0, 0.05) is 19.1 Å². The second-order valence-corrected chi connectivity index (χ2v) is 6.74. The topological polar surface area (TPSA) is 15.7 Å². The van der Waals surface area contributed by atoms with Gasteiger partial charge in [0.15, 0.2) is 0 Å². The van der Waals surface area contributed by atoms with Crippen LogP contribution >= 0.6 is 15.9 Å². The van der Waals surface area contributed by atoms with Crippen LogP contribution < -0.4 is 4.74 Å². The number of ether oxygens (including phenoxy) is 1. The molecule has 110 valence electrons. The molecule has 1 unspecified atom stereocenters. The molecule has 0 N–H and O–H groups in total. The number of hydrogen-bond donors (Lipinski definition) is 0. The summed E-state index contributed by atoms with van der Waals surface area (Å²) in [5, 5.41) is 0. The summed E-state index contributed by atoms with van der Waals surface area (Å²) in [5.74, 6) is 0.909. The molecule has 0 saturated carbocycles. The lowest BCUT2D eigenvalue weighted by molar-refractivity contribution is 0.215. The number of hydrogen-bond acceptors (Lipinski definition) is 3. The van der Waals surface area contributed by atoms with E-state index in [4.69, 9.17) is 4.74 Å². The minimum atomic E-state index is 0.791. The molecule has 0 spiro atoms. The molecule has 0 aliphatic carbocycles. The third-order valence-corrected chi connectivity index (χ3v) is 5.13. The number of benzene rings is 1. The Kier molecular flexibility index (Phi) is 4.64. The van der Waals surface area contributed by atoms with Crippen molar-refractivity contribution in [2.24, 2.45) is 0 Å². The average Bonchev–Trinajstić information content (AvgIpc) is 2.78. The van der Waals surface area contributed by atoms with Gasteiger partial charge >= 0.3 is 0 Å². The Labute approximate surface area is 130 Å². The van der Waals surface area contributed by atoms with Gasteiger partial charge in [0.25, 0.3) is 0 Å². The summed E-state index contributed by atoms with van der Waals surface area (Å²) >= 11 is 3.58. The molecule has 2 saturated heterocycles. The van der Waals surface area contributed by atoms with Crippen molar-refractivity contribution in [2.75, 3.05) is 33.3 Å². The van der Waals surface area contributed by atoms with E-state index in [2.05, 4.69) is 43.9 Å². The zero-order chi connectivity index (χ0) is 13.9. The maximum Gasteiger partial charge on any atom is 0.133 e. The van der Waals surface area contributed by atoms with E-state index in [0.29, 0.717) is 0 Å². The molecule has 0 amide bonds. The van der Waals surface area contributed by atoms with Crippen LogP contribution in [-0.2, 0) is 6.54 Å². The molecule has 2 heterocycles. The Morgan fingerprint density at radius 3 is 2.90 bits per heavy atom. The molecule has 20 heavy (non-hydrogen) atoms. The summed E-state index contributed by atoms with van der Waals surface area (Å²) in [5.41, 5.74) is 1.36. The maximum atomic E-state index is 5.30. The van der Waals surface area contributed by atoms with Crippen LogP contribution in [0.2, 0.25) is 0 Å². The lowest BCUT2D eigenvalue weighted by Gasteiger charge is -2.25. The molecule has 0 radical (unpaired) electrons. The smallest absolute Gasteiger partial charge is 0.133 e. The first-order chi connectivity index (χ1) is 9.76. The van der Waals surface area contributed by atoms with Gasteiger partial charge in [-0.25, -0.2) is 0 Å². The average molecular weight is 339 g/mol. The van der Waals surface area contributed by atoms with Crippen molar-refractivity contribution in [2.45, 2.75) is 31.8 Å². The van der Waals surface area contributed by atoms with Crippen molar-refractivity contribution < 1.29 is 4.74 Å². The van der Waals surface area contributed by atoms with E-state index in [1.807, 2.05) is 0 Å². The van der Waals surface area contributed by atoms with Crippen molar-refractivity contribution in [1.82, 2.24) is 9.80 Å². The minimum Gasteiger partial charge on any atom is -0.496 e. The van der Waals surface area contributed by atoms with Crippen LogP contribution in [0.5, 0.6) is 5.75 Å². The Bertz CT molecular complexity index is 466. The molecule has 4 heteroatoms. The first-order valence-corrected chi connectivity index (χ1v) is 8.34. The first kappa shape index (κ1) is 14.4. The largest absolute Gasteiger partial charge is 0.496 e. The number of rotatable bonds is 3. The molecule has 2 fully saturated rings. The van der Waals surface area contributed by atoms with Gasteiger partial charge in [0.05, 0.1) is 11.6 Å². The minimum absolute atomic E-state index is 0.791. The fraction of sp³-hybridized carbons (Fsp3) is 0.625. The van der Waals surface area contributed by atoms with Crippen molar-refractivity contribution in [3.05, 3.63) is 28.2 Å². The molecular weight excluding hydrogens is 316 g/mol. The molecular formula is C16H23BrN2O. The maximum absolute atomic E-state index is 5.30. The second kappa shape index (κ2) is 6.46. The quantitative estimate of drug-likeness (QED) is 0.842. The van der Waals surface area contributed by atoms with Crippen LogP contribution in [0, 0.1) is 0 Å². The first-order valence-electron chi connectivity index (χ1n) is 7.55. The molecule has 2 aliphatic rings. The normalized spacial score (nSPS) is 24.4. The van der Waals surface area contributed by atoms with Crippen molar-refractivity contribution in [1.29, 1.82) is 0 Å². The van der Waals surface area contributed by atoms with Gasteiger partial charge < -0.3 is 4.74 Å². The Morgan fingerprint density at radius 2 is 2.10 bits per heavy atom. The van der Waals surface area contributed by atoms with Crippen LogP contribution in [0.15, 0.2) is 22.7 Å². The Hall–Kier alpha value is -0.580. The summed E-state index contributed by atoms with van der Waals surface area (Å²) in [6, 6.07) is 7.22. The third kappa shape index (κ3) is 3.18. The highest BCUT2D eigenvalue weighted by Crippen LogP contribution is 2.27. The molecule has 3 rings (SSSR count). The summed E-state index contributed by atoms with van der Waals surface area (Å²) in [6.45, 7) is 6.09. The van der Waals surface area contributed by atoms with E-state index < -0.39 is 0 Å². The highest BCUT2D eigenvalue weighted by molar-refractivity contribution is 9.10. The van der Waals surface area contributed by atoms with Crippen LogP contribution in [0.1, 0.15) is 24.8 Å². The van der Waals surface area contributed by atoms with Crippen LogP contribution in [0.4, 0.5) is 0 Å². The highest BCUT2D eigenvalue weighted by atomic mass is 79.9. The Morgan fingerprint density at radius 1 is 1.25 bits per heavy atom. The van der Waals surface area contributed by atoms with E-state index >= 15 is 0 Å². The fourth-order valence-corrected chi connectivity index (χ4v) is 4.08. The third-order valence-electron chi connectivity index (χ3n) is 4.51. The summed E-state index contributed by atoms with van der Waals surface area (Å²) in [4.78, 5) is 5.30. The van der Waals surface area contributed by atoms with E-state index in [1.165, 1.54) is 51.0 Å². The lowest BCUT2D eigenvalue weighted by atomic mass is 10.1. The summed E-state index contributed by atoms with van der Waals surface area (Å²) < 4.78 is 6.35. The van der Waals surface area contributed by atoms with Crippen LogP contribution in [0.3, 0.4) is 0 Å². The predicted molar refractivity (Wildman–Crippen MR) is 85.2 cm³/mol. The van der Waals surface area contributed by atoms with Crippen molar-refractivity contribution >= 4 is 15.9 Å². The SMILES string of the molecule is COc1ccc(CN2CCCN3CCCC3C2)cc1Br. The van der Waals surface area contributed by atoms with Gasteiger partial charge in [-0.15, -0.1) is 0 Å². The lowest BCUT2D eigenvalue weighted by Crippen LogP contribution is -2.36. The van der Waals surface area contributed by atoms with Crippen molar-refractivity contribution in [3.8, 4) is 5.75 Å². The molecule has 2 aliphatic heterocycles. The Balaban J connectivity index is 1.66. The molecule has 1 aromatic carbocycles. The standard InChI is InChI=1S/C16H23BrN2O/c1-20-16-6-5-13(10-15(16)17)11-18-7-3-9-19-8-2-4-14(19)12-18/h5-6,10,14H,2-4,7-9,11-12H2,1H3. The van der Waals surface area contributed by atoms with E-state index in [1.54, 1.807) is 7.11 Å². The predicted octanol–water partition coefficient (Wildman–Crippen LogP) is 3.13. The van der Waals surface area contributed by atoms with Crippen molar-refractivity contribution in [3.63, 3.8) is 0 Å². The van der Waals surface area contributed by atoms with Gasteiger partial charge in [0.1, 0.15) is 5.75 Å². The summed E-state index contributed by atoms with van der Waals surface area (Å²) in [6.07, 6.45) is 4.06. The zero-order valence-corrected chi connectivity index (χ0v) is 13.7. The van der Waals surface area contributed by atoms with Crippen LogP contribution in [0.25, 0.3) is 0 Å². The zero-order valence-electron chi connectivity index (χ0n) is 12.1. The van der Waals surface area contributed by atoms with Gasteiger partial charge in [-0.05, 0) is 72.5 Å². The van der Waals surface area contributed by atoms with Gasteiger partial charge in [-0.1, -0.05) is 6.07 Å². The molecule has 3 nitrogen and oxygen atoms in total. The van der Waals surface area contributed by atoms with E-state index in [9.17, 15) is 0 Å². The highest BCUT2D eigenvalue weighted by Gasteiger charge is 2.28. The number of methoxy groups -OCH3 is 1. The van der Waals surface area contributed by atoms with E-state index in [0.717, 1.165) is 22.8 Å². The number of nitrogens with zero attached hydrogens (tertiary/aromatic N) is 2. The fourth-order valence-electron chi connectivity index (χ4n) is 3.49. The van der Waals surface area contributed by atoms with Gasteiger partial charge in [-0.3, -0.25) is 9.80 Å². The monoisotopic (exact) mass is 338 g/mol. The number of halogens is 1. The van der Waals surface area contributed by atoms with Gasteiger partial charge in [-0.2, -0.15) is 0 Å². The summed E-state index contributed by atoms with van der Waals surface area (Å²) in [7, 11) is 1.71. The number of fused-ring (bicyclic) bond motifs is 1. The second-order valence-electron chi connectivity index (χ2n) is 5.89. The van der Waals surface area contributed by atoms with Gasteiger partial charge in [0.2, 0.25) is 0 Å². The van der Waals surface area contributed by atoms with Crippen LogP contribution in [-0.4, -0.2) is 49.1 Å². The molecule has 0 bridgehead atoms. The molecule has 0 aromatic heterocycles. The molecule has 1 aromatic rings. The molecule has 1 atom stereocenters.